The van der Waals surface area contributed by atoms with Gasteiger partial charge in [-0.25, -0.2) is 0 Å². The molecule has 0 saturated heterocycles. The molecule has 0 radical (unpaired) electrons. The molecule has 0 fully saturated rings. The van der Waals surface area contributed by atoms with Crippen LogP contribution in [0.2, 0.25) is 0 Å². The van der Waals surface area contributed by atoms with E-state index in [-0.39, 0.29) is 0 Å². The Balaban J connectivity index is 2.51. The Morgan fingerprint density at radius 1 is 1.50 bits per heavy atom. The molecule has 2 N–H and O–H groups in total. The number of nitrogens with two attached hydrogens (primary N) is 1. The van der Waals surface area contributed by atoms with E-state index in [0.717, 1.165) is 19.5 Å². The smallest absolute Gasteiger partial charge is 0.0410 e. The van der Waals surface area contributed by atoms with Gasteiger partial charge in [0.2, 0.25) is 0 Å². The van der Waals surface area contributed by atoms with Gasteiger partial charge in [-0.2, -0.15) is 0 Å². The molecular weight excluding hydrogens is 192 g/mol. The third-order valence-electron chi connectivity index (χ3n) is 2.55. The maximum absolute atomic E-state index is 5.50. The minimum Gasteiger partial charge on any atom is -0.330 e. The van der Waals surface area contributed by atoms with Gasteiger partial charge in [-0.1, -0.05) is 0 Å². The molecule has 1 unspecified atom stereocenters. The van der Waals surface area contributed by atoms with Crippen LogP contribution in [0.1, 0.15) is 29.1 Å². The van der Waals surface area contributed by atoms with E-state index in [1.807, 2.05) is 11.3 Å². The van der Waals surface area contributed by atoms with Crippen molar-refractivity contribution in [1.29, 1.82) is 0 Å². The molecule has 0 bridgehead atoms. The van der Waals surface area contributed by atoms with Gasteiger partial charge in [0.25, 0.3) is 0 Å². The monoisotopic (exact) mass is 212 g/mol. The molecule has 1 aromatic rings. The lowest BCUT2D eigenvalue weighted by Gasteiger charge is -2.23. The molecule has 14 heavy (non-hydrogen) atoms. The lowest BCUT2D eigenvalue weighted by molar-refractivity contribution is 0.263. The molecule has 0 aliphatic heterocycles. The number of hydrogen-bond acceptors (Lipinski definition) is 3. The first-order valence-corrected chi connectivity index (χ1v) is 5.93. The molecule has 0 saturated carbocycles. The lowest BCUT2D eigenvalue weighted by atomic mass is 10.2. The zero-order valence-electron chi connectivity index (χ0n) is 9.29. The molecule has 0 aliphatic rings. The summed E-state index contributed by atoms with van der Waals surface area (Å²) >= 11 is 1.88. The van der Waals surface area contributed by atoms with Gasteiger partial charge in [0.05, 0.1) is 0 Å². The Kier molecular flexibility index (Phi) is 4.58. The summed E-state index contributed by atoms with van der Waals surface area (Å²) in [5.41, 5.74) is 5.50. The van der Waals surface area contributed by atoms with Crippen molar-refractivity contribution in [3.05, 3.63) is 21.9 Å². The van der Waals surface area contributed by atoms with Crippen LogP contribution >= 0.6 is 11.3 Å². The van der Waals surface area contributed by atoms with Crippen molar-refractivity contribution in [3.8, 4) is 0 Å². The molecule has 1 aromatic heterocycles. The highest BCUT2D eigenvalue weighted by Crippen LogP contribution is 2.26. The Hall–Kier alpha value is -0.380. The van der Waals surface area contributed by atoms with Gasteiger partial charge in [0.1, 0.15) is 0 Å². The van der Waals surface area contributed by atoms with Crippen molar-refractivity contribution in [2.45, 2.75) is 26.3 Å². The van der Waals surface area contributed by atoms with Gasteiger partial charge in [0.15, 0.2) is 0 Å². The minimum atomic E-state index is 0.514. The van der Waals surface area contributed by atoms with Crippen molar-refractivity contribution in [1.82, 2.24) is 4.90 Å². The maximum atomic E-state index is 5.50. The molecule has 1 rings (SSSR count). The van der Waals surface area contributed by atoms with Crippen LogP contribution in [0.3, 0.4) is 0 Å². The van der Waals surface area contributed by atoms with Crippen molar-refractivity contribution >= 4 is 11.3 Å². The Bertz CT molecular complexity index is 270. The molecule has 2 nitrogen and oxygen atoms in total. The van der Waals surface area contributed by atoms with Crippen LogP contribution < -0.4 is 5.73 Å². The van der Waals surface area contributed by atoms with Crippen LogP contribution in [-0.2, 0) is 0 Å². The molecule has 3 heteroatoms. The maximum Gasteiger partial charge on any atom is 0.0410 e. The number of nitrogens with zero attached hydrogens (tertiary/aromatic N) is 1. The Morgan fingerprint density at radius 3 is 2.71 bits per heavy atom. The third kappa shape index (κ3) is 3.08. The predicted octanol–water partition coefficient (Wildman–Crippen LogP) is 2.40. The zero-order valence-corrected chi connectivity index (χ0v) is 10.1. The van der Waals surface area contributed by atoms with E-state index in [4.69, 9.17) is 5.73 Å². The molecule has 0 aliphatic carbocycles. The van der Waals surface area contributed by atoms with E-state index in [0.29, 0.717) is 6.04 Å². The first-order chi connectivity index (χ1) is 6.65. The zero-order chi connectivity index (χ0) is 10.6. The summed E-state index contributed by atoms with van der Waals surface area (Å²) in [5.74, 6) is 0. The highest BCUT2D eigenvalue weighted by atomic mass is 32.1. The topological polar surface area (TPSA) is 29.3 Å². The van der Waals surface area contributed by atoms with Crippen molar-refractivity contribution in [2.24, 2.45) is 5.73 Å². The van der Waals surface area contributed by atoms with Gasteiger partial charge in [-0.3, -0.25) is 4.90 Å². The van der Waals surface area contributed by atoms with Crippen LogP contribution in [0.15, 0.2) is 12.1 Å². The van der Waals surface area contributed by atoms with Crippen LogP contribution in [0.4, 0.5) is 0 Å². The summed E-state index contributed by atoms with van der Waals surface area (Å²) in [6, 6.07) is 4.93. The molecule has 1 heterocycles. The largest absolute Gasteiger partial charge is 0.330 e. The fourth-order valence-electron chi connectivity index (χ4n) is 1.43. The molecule has 0 spiro atoms. The molecule has 0 amide bonds. The van der Waals surface area contributed by atoms with E-state index < -0.39 is 0 Å². The second-order valence-corrected chi connectivity index (χ2v) is 5.07. The van der Waals surface area contributed by atoms with E-state index in [9.17, 15) is 0 Å². The Labute approximate surface area is 90.7 Å². The quantitative estimate of drug-likeness (QED) is 0.812. The van der Waals surface area contributed by atoms with Crippen LogP contribution in [-0.4, -0.2) is 25.0 Å². The van der Waals surface area contributed by atoms with Crippen molar-refractivity contribution in [3.63, 3.8) is 0 Å². The molecular formula is C11H20N2S. The fraction of sp³-hybridized carbons (Fsp3) is 0.636. The summed E-state index contributed by atoms with van der Waals surface area (Å²) < 4.78 is 0. The van der Waals surface area contributed by atoms with Crippen molar-refractivity contribution in [2.75, 3.05) is 20.1 Å². The standard InChI is InChI=1S/C11H20N2S/c1-9-5-6-11(14-9)10(2)13(3)8-4-7-12/h5-6,10H,4,7-8,12H2,1-3H3. The van der Waals surface area contributed by atoms with Gasteiger partial charge in [-0.05, 0) is 52.5 Å². The SMILES string of the molecule is Cc1ccc(C(C)N(C)CCCN)s1. The van der Waals surface area contributed by atoms with E-state index in [2.05, 4.69) is 37.9 Å². The number of thiophene rings is 1. The normalized spacial score (nSPS) is 13.5. The summed E-state index contributed by atoms with van der Waals surface area (Å²) in [7, 11) is 2.16. The van der Waals surface area contributed by atoms with E-state index in [1.54, 1.807) is 0 Å². The fourth-order valence-corrected chi connectivity index (χ4v) is 2.42. The van der Waals surface area contributed by atoms with Gasteiger partial charge < -0.3 is 5.73 Å². The summed E-state index contributed by atoms with van der Waals surface area (Å²) in [5, 5.41) is 0. The third-order valence-corrected chi connectivity index (χ3v) is 3.72. The molecule has 0 aromatic carbocycles. The average molecular weight is 212 g/mol. The van der Waals surface area contributed by atoms with Gasteiger partial charge >= 0.3 is 0 Å². The van der Waals surface area contributed by atoms with Crippen LogP contribution in [0, 0.1) is 6.92 Å². The summed E-state index contributed by atoms with van der Waals surface area (Å²) in [6.07, 6.45) is 1.07. The Morgan fingerprint density at radius 2 is 2.21 bits per heavy atom. The minimum absolute atomic E-state index is 0.514. The van der Waals surface area contributed by atoms with Crippen LogP contribution in [0.25, 0.3) is 0 Å². The summed E-state index contributed by atoms with van der Waals surface area (Å²) in [6.45, 7) is 6.26. The van der Waals surface area contributed by atoms with Crippen LogP contribution in [0.5, 0.6) is 0 Å². The number of rotatable bonds is 5. The van der Waals surface area contributed by atoms with E-state index in [1.165, 1.54) is 9.75 Å². The lowest BCUT2D eigenvalue weighted by Crippen LogP contribution is -2.24. The average Bonchev–Trinajstić information content (AvgIpc) is 2.60. The highest BCUT2D eigenvalue weighted by molar-refractivity contribution is 7.12. The summed E-state index contributed by atoms with van der Waals surface area (Å²) in [4.78, 5) is 5.19. The van der Waals surface area contributed by atoms with Gasteiger partial charge in [0, 0.05) is 15.8 Å². The first kappa shape index (κ1) is 11.7. The highest BCUT2D eigenvalue weighted by Gasteiger charge is 2.12. The second-order valence-electron chi connectivity index (χ2n) is 3.75. The molecule has 80 valence electrons. The first-order valence-electron chi connectivity index (χ1n) is 5.11. The van der Waals surface area contributed by atoms with Gasteiger partial charge in [-0.15, -0.1) is 11.3 Å². The van der Waals surface area contributed by atoms with E-state index >= 15 is 0 Å². The number of aryl methyl sites for hydroxylation is 1. The van der Waals surface area contributed by atoms with Crippen molar-refractivity contribution < 1.29 is 0 Å². The predicted molar refractivity (Wildman–Crippen MR) is 63.8 cm³/mol. The molecule has 1 atom stereocenters. The number of hydrogen-bond donors (Lipinski definition) is 1. The second kappa shape index (κ2) is 5.49.